The first kappa shape index (κ1) is 12.5. The van der Waals surface area contributed by atoms with Crippen molar-refractivity contribution in [2.75, 3.05) is 32.9 Å². The van der Waals surface area contributed by atoms with Crippen LogP contribution in [-0.4, -0.2) is 48.9 Å². The van der Waals surface area contributed by atoms with E-state index in [4.69, 9.17) is 9.47 Å². The van der Waals surface area contributed by atoms with Crippen LogP contribution in [-0.2, 0) is 15.0 Å². The summed E-state index contributed by atoms with van der Waals surface area (Å²) in [6.07, 6.45) is 4.43. The van der Waals surface area contributed by atoms with E-state index in [9.17, 15) is 5.26 Å². The number of pyridine rings is 1. The molecule has 19 heavy (non-hydrogen) atoms. The molecule has 0 saturated carbocycles. The molecule has 0 amide bonds. The molecule has 2 aliphatic rings. The van der Waals surface area contributed by atoms with Gasteiger partial charge in [0.2, 0.25) is 0 Å². The van der Waals surface area contributed by atoms with Crippen LogP contribution in [0.4, 0.5) is 0 Å². The van der Waals surface area contributed by atoms with E-state index in [0.29, 0.717) is 19.6 Å². The lowest BCUT2D eigenvalue weighted by atomic mass is 9.85. The highest BCUT2D eigenvalue weighted by molar-refractivity contribution is 5.30. The van der Waals surface area contributed by atoms with Gasteiger partial charge in [-0.25, -0.2) is 0 Å². The smallest absolute Gasteiger partial charge is 0.138 e. The van der Waals surface area contributed by atoms with Crippen LogP contribution in [0.2, 0.25) is 0 Å². The van der Waals surface area contributed by atoms with Crippen LogP contribution >= 0.6 is 0 Å². The molecule has 1 aromatic rings. The van der Waals surface area contributed by atoms with Gasteiger partial charge in [0.1, 0.15) is 5.54 Å². The number of nitriles is 1. The van der Waals surface area contributed by atoms with Crippen molar-refractivity contribution in [2.24, 2.45) is 0 Å². The van der Waals surface area contributed by atoms with E-state index in [1.807, 2.05) is 12.1 Å². The van der Waals surface area contributed by atoms with Crippen molar-refractivity contribution in [3.63, 3.8) is 0 Å². The van der Waals surface area contributed by atoms with Crippen molar-refractivity contribution >= 4 is 0 Å². The lowest BCUT2D eigenvalue weighted by molar-refractivity contribution is -0.0101. The molecule has 5 nitrogen and oxygen atoms in total. The van der Waals surface area contributed by atoms with E-state index in [0.717, 1.165) is 25.3 Å². The van der Waals surface area contributed by atoms with Crippen molar-refractivity contribution in [3.05, 3.63) is 30.1 Å². The van der Waals surface area contributed by atoms with Gasteiger partial charge in [-0.1, -0.05) is 6.07 Å². The van der Waals surface area contributed by atoms with Crippen LogP contribution in [0.15, 0.2) is 24.5 Å². The third-order valence-corrected chi connectivity index (χ3v) is 3.80. The zero-order valence-corrected chi connectivity index (χ0v) is 10.8. The van der Waals surface area contributed by atoms with E-state index in [-0.39, 0.29) is 6.10 Å². The van der Waals surface area contributed by atoms with Gasteiger partial charge in [-0.05, 0) is 6.07 Å². The maximum absolute atomic E-state index is 9.84. The molecule has 2 fully saturated rings. The summed E-state index contributed by atoms with van der Waals surface area (Å²) in [6.45, 7) is 3.66. The van der Waals surface area contributed by atoms with Gasteiger partial charge in [-0.3, -0.25) is 9.88 Å². The van der Waals surface area contributed by atoms with E-state index < -0.39 is 5.54 Å². The minimum atomic E-state index is -0.640. The SMILES string of the molecule is N#C[C@](C[C@@H]1CO1)(c1cccnc1)N1CCOCC1. The van der Waals surface area contributed by atoms with Crippen molar-refractivity contribution < 1.29 is 9.47 Å². The Morgan fingerprint density at radius 3 is 2.84 bits per heavy atom. The van der Waals surface area contributed by atoms with Crippen LogP contribution in [0.5, 0.6) is 0 Å². The van der Waals surface area contributed by atoms with E-state index in [1.165, 1.54) is 0 Å². The fourth-order valence-electron chi connectivity index (χ4n) is 2.68. The van der Waals surface area contributed by atoms with E-state index >= 15 is 0 Å². The van der Waals surface area contributed by atoms with Crippen LogP contribution < -0.4 is 0 Å². The number of epoxide rings is 1. The predicted octanol–water partition coefficient (Wildman–Crippen LogP) is 0.922. The molecule has 1 aromatic heterocycles. The minimum Gasteiger partial charge on any atom is -0.379 e. The Morgan fingerprint density at radius 2 is 2.26 bits per heavy atom. The van der Waals surface area contributed by atoms with E-state index in [1.54, 1.807) is 12.4 Å². The summed E-state index contributed by atoms with van der Waals surface area (Å²) in [6, 6.07) is 6.39. The highest BCUT2D eigenvalue weighted by Crippen LogP contribution is 2.36. The first-order valence-electron chi connectivity index (χ1n) is 6.61. The Hall–Kier alpha value is -1.48. The molecule has 100 valence electrons. The van der Waals surface area contributed by atoms with Crippen molar-refractivity contribution in [1.29, 1.82) is 5.26 Å². The first-order chi connectivity index (χ1) is 9.35. The number of hydrogen-bond acceptors (Lipinski definition) is 5. The number of ether oxygens (including phenoxy) is 2. The van der Waals surface area contributed by atoms with Gasteiger partial charge in [-0.2, -0.15) is 5.26 Å². The third-order valence-electron chi connectivity index (χ3n) is 3.80. The summed E-state index contributed by atoms with van der Waals surface area (Å²) in [5.74, 6) is 0. The first-order valence-corrected chi connectivity index (χ1v) is 6.61. The third kappa shape index (κ3) is 2.47. The number of hydrogen-bond donors (Lipinski definition) is 0. The zero-order valence-electron chi connectivity index (χ0n) is 10.8. The molecule has 2 atom stereocenters. The lowest BCUT2D eigenvalue weighted by Gasteiger charge is -2.40. The molecule has 0 unspecified atom stereocenters. The monoisotopic (exact) mass is 259 g/mol. The minimum absolute atomic E-state index is 0.197. The summed E-state index contributed by atoms with van der Waals surface area (Å²) >= 11 is 0. The maximum Gasteiger partial charge on any atom is 0.138 e. The number of rotatable bonds is 4. The zero-order chi connectivity index (χ0) is 13.1. The van der Waals surface area contributed by atoms with Gasteiger partial charge >= 0.3 is 0 Å². The average Bonchev–Trinajstić information content (AvgIpc) is 3.31. The molecule has 0 spiro atoms. The second kappa shape index (κ2) is 5.25. The fraction of sp³-hybridized carbons (Fsp3) is 0.571. The van der Waals surface area contributed by atoms with Gasteiger partial charge in [-0.15, -0.1) is 0 Å². The second-order valence-electron chi connectivity index (χ2n) is 4.97. The van der Waals surface area contributed by atoms with Gasteiger partial charge < -0.3 is 9.47 Å². The molecule has 0 bridgehead atoms. The van der Waals surface area contributed by atoms with Crippen molar-refractivity contribution in [1.82, 2.24) is 9.88 Å². The summed E-state index contributed by atoms with van der Waals surface area (Å²) in [5, 5.41) is 9.84. The number of nitrogens with zero attached hydrogens (tertiary/aromatic N) is 3. The molecule has 0 aliphatic carbocycles. The highest BCUT2D eigenvalue weighted by atomic mass is 16.6. The second-order valence-corrected chi connectivity index (χ2v) is 4.97. The molecule has 2 saturated heterocycles. The molecule has 0 radical (unpaired) electrons. The largest absolute Gasteiger partial charge is 0.379 e. The summed E-state index contributed by atoms with van der Waals surface area (Å²) in [5.41, 5.74) is 0.314. The Balaban J connectivity index is 1.95. The molecular formula is C14H17N3O2. The van der Waals surface area contributed by atoms with Gasteiger partial charge in [0, 0.05) is 37.5 Å². The Labute approximate surface area is 112 Å². The summed E-state index contributed by atoms with van der Waals surface area (Å²) in [7, 11) is 0. The predicted molar refractivity (Wildman–Crippen MR) is 68.3 cm³/mol. The van der Waals surface area contributed by atoms with Gasteiger partial charge in [0.25, 0.3) is 0 Å². The fourth-order valence-corrected chi connectivity index (χ4v) is 2.68. The standard InChI is InChI=1S/C14H17N3O2/c15-11-14(8-13-10-19-13,12-2-1-3-16-9-12)17-4-6-18-7-5-17/h1-3,9,13H,4-8,10H2/t13-,14-/m1/s1. The topological polar surface area (TPSA) is 61.7 Å². The van der Waals surface area contributed by atoms with E-state index in [2.05, 4.69) is 16.0 Å². The average molecular weight is 259 g/mol. The van der Waals surface area contributed by atoms with Crippen LogP contribution in [0.1, 0.15) is 12.0 Å². The molecule has 0 N–H and O–H groups in total. The van der Waals surface area contributed by atoms with Crippen LogP contribution in [0.3, 0.4) is 0 Å². The normalized spacial score (nSPS) is 26.4. The molecule has 0 aromatic carbocycles. The van der Waals surface area contributed by atoms with Crippen molar-refractivity contribution in [3.8, 4) is 6.07 Å². The Kier molecular flexibility index (Phi) is 3.47. The summed E-state index contributed by atoms with van der Waals surface area (Å²) in [4.78, 5) is 6.37. The van der Waals surface area contributed by atoms with Crippen molar-refractivity contribution in [2.45, 2.75) is 18.1 Å². The quantitative estimate of drug-likeness (QED) is 0.752. The number of aromatic nitrogens is 1. The Morgan fingerprint density at radius 1 is 1.47 bits per heavy atom. The maximum atomic E-state index is 9.84. The van der Waals surface area contributed by atoms with Crippen LogP contribution in [0.25, 0.3) is 0 Å². The van der Waals surface area contributed by atoms with Gasteiger partial charge in [0.05, 0.1) is 32.0 Å². The summed E-state index contributed by atoms with van der Waals surface area (Å²) < 4.78 is 10.7. The Bertz CT molecular complexity index is 463. The number of morpholine rings is 1. The molecule has 2 aliphatic heterocycles. The van der Waals surface area contributed by atoms with Gasteiger partial charge in [0.15, 0.2) is 0 Å². The highest BCUT2D eigenvalue weighted by Gasteiger charge is 2.44. The molecule has 3 rings (SSSR count). The lowest BCUT2D eigenvalue weighted by Crippen LogP contribution is -2.51. The molecular weight excluding hydrogens is 242 g/mol. The molecule has 3 heterocycles. The van der Waals surface area contributed by atoms with Crippen LogP contribution in [0, 0.1) is 11.3 Å². The molecule has 5 heteroatoms.